The van der Waals surface area contributed by atoms with Gasteiger partial charge in [-0.05, 0) is 75.3 Å². The zero-order valence-electron chi connectivity index (χ0n) is 21.9. The van der Waals surface area contributed by atoms with Crippen LogP contribution in [0.3, 0.4) is 0 Å². The fourth-order valence-electron chi connectivity index (χ4n) is 4.34. The molecule has 4 N–H and O–H groups in total. The molecule has 0 spiro atoms. The van der Waals surface area contributed by atoms with Gasteiger partial charge < -0.3 is 29.9 Å². The van der Waals surface area contributed by atoms with Crippen LogP contribution in [0.5, 0.6) is 0 Å². The quantitative estimate of drug-likeness (QED) is 0.114. The molecule has 206 valence electrons. The third-order valence-corrected chi connectivity index (χ3v) is 6.31. The number of carbonyl (C=O) groups is 2. The van der Waals surface area contributed by atoms with Crippen molar-refractivity contribution < 1.29 is 39.5 Å². The topological polar surface area (TPSA) is 134 Å². The molecule has 2 unspecified atom stereocenters. The van der Waals surface area contributed by atoms with E-state index in [0.717, 1.165) is 51.4 Å². The van der Waals surface area contributed by atoms with Crippen LogP contribution < -0.4 is 0 Å². The highest BCUT2D eigenvalue weighted by Gasteiger charge is 2.21. The lowest BCUT2D eigenvalue weighted by Crippen LogP contribution is -2.19. The molecule has 0 bridgehead atoms. The molecule has 0 aliphatic rings. The van der Waals surface area contributed by atoms with E-state index in [2.05, 4.69) is 13.8 Å². The van der Waals surface area contributed by atoms with Gasteiger partial charge in [-0.1, -0.05) is 51.7 Å². The van der Waals surface area contributed by atoms with Crippen molar-refractivity contribution in [3.05, 3.63) is 35.4 Å². The van der Waals surface area contributed by atoms with Crippen molar-refractivity contribution in [2.24, 2.45) is 11.8 Å². The van der Waals surface area contributed by atoms with E-state index in [1.165, 1.54) is 0 Å². The SMILES string of the molecule is CCCC(CCCCC(O)O)COC(=O)c1ccccc1C(=O)OCC(CCC)CCCCC(O)O. The summed E-state index contributed by atoms with van der Waals surface area (Å²) in [6.07, 6.45) is 6.47. The lowest BCUT2D eigenvalue weighted by atomic mass is 9.97. The first-order valence-corrected chi connectivity index (χ1v) is 13.4. The molecule has 1 aromatic rings. The molecule has 0 aliphatic heterocycles. The number of unbranched alkanes of at least 4 members (excludes halogenated alkanes) is 2. The van der Waals surface area contributed by atoms with Gasteiger partial charge >= 0.3 is 11.9 Å². The second-order valence-corrected chi connectivity index (χ2v) is 9.58. The van der Waals surface area contributed by atoms with Gasteiger partial charge in [-0.3, -0.25) is 0 Å². The minimum absolute atomic E-state index is 0.177. The Hall–Kier alpha value is -2.00. The van der Waals surface area contributed by atoms with Gasteiger partial charge in [0.05, 0.1) is 24.3 Å². The fraction of sp³-hybridized carbons (Fsp3) is 0.714. The number of esters is 2. The number of aliphatic hydroxyl groups is 4. The van der Waals surface area contributed by atoms with Crippen molar-refractivity contribution in [2.45, 2.75) is 103 Å². The Morgan fingerprint density at radius 2 is 1.00 bits per heavy atom. The number of ether oxygens (including phenoxy) is 2. The van der Waals surface area contributed by atoms with E-state index in [0.29, 0.717) is 25.7 Å². The Balaban J connectivity index is 2.65. The van der Waals surface area contributed by atoms with Gasteiger partial charge in [0.2, 0.25) is 0 Å². The van der Waals surface area contributed by atoms with Crippen LogP contribution >= 0.6 is 0 Å². The first-order valence-electron chi connectivity index (χ1n) is 13.4. The molecule has 0 saturated heterocycles. The zero-order chi connectivity index (χ0) is 26.8. The van der Waals surface area contributed by atoms with Gasteiger partial charge in [-0.15, -0.1) is 0 Å². The van der Waals surface area contributed by atoms with Gasteiger partial charge in [-0.25, -0.2) is 9.59 Å². The van der Waals surface area contributed by atoms with E-state index in [4.69, 9.17) is 29.9 Å². The van der Waals surface area contributed by atoms with Gasteiger partial charge in [0.15, 0.2) is 12.6 Å². The van der Waals surface area contributed by atoms with Crippen molar-refractivity contribution in [3.8, 4) is 0 Å². The number of rotatable bonds is 20. The molecule has 0 aromatic heterocycles. The Morgan fingerprint density at radius 1 is 0.639 bits per heavy atom. The van der Waals surface area contributed by atoms with E-state index < -0.39 is 24.5 Å². The highest BCUT2D eigenvalue weighted by Crippen LogP contribution is 2.20. The summed E-state index contributed by atoms with van der Waals surface area (Å²) in [6, 6.07) is 6.51. The first kappa shape index (κ1) is 32.0. The maximum atomic E-state index is 12.8. The average Bonchev–Trinajstić information content (AvgIpc) is 2.85. The summed E-state index contributed by atoms with van der Waals surface area (Å²) in [5, 5.41) is 36.0. The number of benzene rings is 1. The largest absolute Gasteiger partial charge is 0.462 e. The summed E-state index contributed by atoms with van der Waals surface area (Å²) in [4.78, 5) is 25.7. The van der Waals surface area contributed by atoms with Crippen molar-refractivity contribution in [1.29, 1.82) is 0 Å². The average molecular weight is 511 g/mol. The summed E-state index contributed by atoms with van der Waals surface area (Å²) in [5.41, 5.74) is 0.371. The van der Waals surface area contributed by atoms with Crippen LogP contribution in [0.25, 0.3) is 0 Å². The number of aliphatic hydroxyl groups excluding tert-OH is 2. The normalized spacial score (nSPS) is 13.1. The predicted octanol–water partition coefficient (Wildman–Crippen LogP) is 4.58. The molecule has 1 rings (SSSR count). The molecule has 0 amide bonds. The molecule has 8 nitrogen and oxygen atoms in total. The molecule has 0 radical (unpaired) electrons. The maximum absolute atomic E-state index is 12.8. The standard InChI is InChI=1S/C28H46O8/c1-3-11-21(13-5-9-17-25(29)30)19-35-27(33)23-15-7-8-16-24(23)28(34)36-20-22(12-4-2)14-6-10-18-26(31)32/h7-8,15-16,21-22,25-26,29-32H,3-6,9-14,17-20H2,1-2H3. The molecule has 1 aromatic carbocycles. The van der Waals surface area contributed by atoms with Crippen molar-refractivity contribution in [1.82, 2.24) is 0 Å². The van der Waals surface area contributed by atoms with E-state index in [1.807, 2.05) is 0 Å². The lowest BCUT2D eigenvalue weighted by molar-refractivity contribution is -0.0475. The minimum Gasteiger partial charge on any atom is -0.462 e. The minimum atomic E-state index is -1.29. The third-order valence-electron chi connectivity index (χ3n) is 6.31. The fourth-order valence-corrected chi connectivity index (χ4v) is 4.34. The molecule has 36 heavy (non-hydrogen) atoms. The van der Waals surface area contributed by atoms with Crippen LogP contribution in [0.2, 0.25) is 0 Å². The summed E-state index contributed by atoms with van der Waals surface area (Å²) >= 11 is 0. The molecule has 0 fully saturated rings. The van der Waals surface area contributed by atoms with Crippen LogP contribution in [-0.4, -0.2) is 58.2 Å². The van der Waals surface area contributed by atoms with E-state index in [-0.39, 0.29) is 36.2 Å². The molecule has 0 heterocycles. The zero-order valence-corrected chi connectivity index (χ0v) is 21.9. The second kappa shape index (κ2) is 19.2. The summed E-state index contributed by atoms with van der Waals surface area (Å²) in [5.74, 6) is -0.754. The number of carbonyl (C=O) groups excluding carboxylic acids is 2. The van der Waals surface area contributed by atoms with Gasteiger partial charge in [-0.2, -0.15) is 0 Å². The smallest absolute Gasteiger partial charge is 0.339 e. The molecular weight excluding hydrogens is 464 g/mol. The number of hydrogen-bond acceptors (Lipinski definition) is 8. The maximum Gasteiger partial charge on any atom is 0.339 e. The van der Waals surface area contributed by atoms with E-state index >= 15 is 0 Å². The van der Waals surface area contributed by atoms with Crippen LogP contribution in [0, 0.1) is 11.8 Å². The summed E-state index contributed by atoms with van der Waals surface area (Å²) < 4.78 is 11.1. The Morgan fingerprint density at radius 3 is 1.33 bits per heavy atom. The molecule has 0 saturated carbocycles. The molecule has 0 aliphatic carbocycles. The number of hydrogen-bond donors (Lipinski definition) is 4. The van der Waals surface area contributed by atoms with Crippen LogP contribution in [0.15, 0.2) is 24.3 Å². The van der Waals surface area contributed by atoms with Gasteiger partial charge in [0.1, 0.15) is 0 Å². The van der Waals surface area contributed by atoms with Crippen molar-refractivity contribution in [2.75, 3.05) is 13.2 Å². The highest BCUT2D eigenvalue weighted by atomic mass is 16.5. The van der Waals surface area contributed by atoms with Crippen LogP contribution in [0.4, 0.5) is 0 Å². The first-order chi connectivity index (χ1) is 17.3. The molecular formula is C28H46O8. The Labute approximate surface area is 215 Å². The third kappa shape index (κ3) is 13.9. The molecule has 8 heteroatoms. The van der Waals surface area contributed by atoms with Crippen molar-refractivity contribution >= 4 is 11.9 Å². The van der Waals surface area contributed by atoms with E-state index in [1.54, 1.807) is 24.3 Å². The highest BCUT2D eigenvalue weighted by molar-refractivity contribution is 6.03. The Bertz CT molecular complexity index is 673. The monoisotopic (exact) mass is 510 g/mol. The predicted molar refractivity (Wildman–Crippen MR) is 137 cm³/mol. The van der Waals surface area contributed by atoms with Gasteiger partial charge in [0.25, 0.3) is 0 Å². The lowest BCUT2D eigenvalue weighted by Gasteiger charge is -2.18. The van der Waals surface area contributed by atoms with E-state index in [9.17, 15) is 9.59 Å². The summed E-state index contributed by atoms with van der Waals surface area (Å²) in [7, 11) is 0. The van der Waals surface area contributed by atoms with Crippen molar-refractivity contribution in [3.63, 3.8) is 0 Å². The molecule has 2 atom stereocenters. The summed E-state index contributed by atoms with van der Waals surface area (Å²) in [6.45, 7) is 4.64. The van der Waals surface area contributed by atoms with Gasteiger partial charge in [0, 0.05) is 0 Å². The van der Waals surface area contributed by atoms with Crippen LogP contribution in [0.1, 0.15) is 112 Å². The Kier molecular flexibility index (Phi) is 17.0. The van der Waals surface area contributed by atoms with Crippen LogP contribution in [-0.2, 0) is 9.47 Å². The second-order valence-electron chi connectivity index (χ2n) is 9.58.